The van der Waals surface area contributed by atoms with Crippen LogP contribution in [0.5, 0.6) is 5.75 Å². The van der Waals surface area contributed by atoms with Crippen molar-refractivity contribution in [3.8, 4) is 5.75 Å². The Labute approximate surface area is 165 Å². The highest BCUT2D eigenvalue weighted by atomic mass is 19.1. The lowest BCUT2D eigenvalue weighted by atomic mass is 10.2. The normalized spacial score (nSPS) is 14.6. The number of carbonyl (C=O) groups excluding carboxylic acids is 1. The minimum Gasteiger partial charge on any atom is -0.489 e. The Morgan fingerprint density at radius 1 is 0.966 bits per heavy atom. The SMILES string of the molecule is O=C1OC(c2cccc(F)c2)=NC1=Cc1cccc(OCc2ccccc2F)c1. The van der Waals surface area contributed by atoms with Crippen molar-refractivity contribution in [3.05, 3.63) is 107 Å². The number of halogens is 2. The fraction of sp³-hybridized carbons (Fsp3) is 0.0435. The zero-order valence-corrected chi connectivity index (χ0v) is 15.1. The Balaban J connectivity index is 1.53. The molecule has 0 bridgehead atoms. The molecule has 4 nitrogen and oxygen atoms in total. The molecule has 0 saturated heterocycles. The summed E-state index contributed by atoms with van der Waals surface area (Å²) in [6, 6.07) is 19.0. The van der Waals surface area contributed by atoms with Gasteiger partial charge in [-0.2, -0.15) is 0 Å². The van der Waals surface area contributed by atoms with Crippen molar-refractivity contribution in [2.24, 2.45) is 4.99 Å². The number of esters is 1. The van der Waals surface area contributed by atoms with E-state index in [0.29, 0.717) is 22.4 Å². The third-order valence-corrected chi connectivity index (χ3v) is 4.21. The maximum absolute atomic E-state index is 13.7. The van der Waals surface area contributed by atoms with Crippen molar-refractivity contribution in [2.75, 3.05) is 0 Å². The van der Waals surface area contributed by atoms with Gasteiger partial charge in [0.2, 0.25) is 5.90 Å². The first-order valence-corrected chi connectivity index (χ1v) is 8.83. The summed E-state index contributed by atoms with van der Waals surface area (Å²) in [5.41, 5.74) is 1.58. The standard InChI is InChI=1S/C23H15F2NO3/c24-18-8-4-7-16(13-18)22-26-21(23(27)29-22)12-15-5-3-9-19(11-15)28-14-17-6-1-2-10-20(17)25/h1-13H,14H2. The Kier molecular flexibility index (Phi) is 5.16. The van der Waals surface area contributed by atoms with Gasteiger partial charge in [0.15, 0.2) is 5.70 Å². The third kappa shape index (κ3) is 4.38. The predicted octanol–water partition coefficient (Wildman–Crippen LogP) is 4.89. The summed E-state index contributed by atoms with van der Waals surface area (Å²) in [5.74, 6) is -0.838. The van der Waals surface area contributed by atoms with Gasteiger partial charge in [0.1, 0.15) is 24.0 Å². The van der Waals surface area contributed by atoms with E-state index in [-0.39, 0.29) is 24.0 Å². The van der Waals surface area contributed by atoms with E-state index in [1.165, 1.54) is 24.3 Å². The van der Waals surface area contributed by atoms with Crippen LogP contribution in [0.3, 0.4) is 0 Å². The van der Waals surface area contributed by atoms with Crippen LogP contribution in [0.1, 0.15) is 16.7 Å². The molecule has 144 valence electrons. The van der Waals surface area contributed by atoms with Crippen molar-refractivity contribution in [2.45, 2.75) is 6.61 Å². The molecule has 6 heteroatoms. The average molecular weight is 391 g/mol. The quantitative estimate of drug-likeness (QED) is 0.460. The van der Waals surface area contributed by atoms with Gasteiger partial charge in [-0.25, -0.2) is 18.6 Å². The van der Waals surface area contributed by atoms with Gasteiger partial charge in [0, 0.05) is 11.1 Å². The van der Waals surface area contributed by atoms with Crippen LogP contribution in [0.2, 0.25) is 0 Å². The molecule has 4 rings (SSSR count). The zero-order valence-electron chi connectivity index (χ0n) is 15.1. The fourth-order valence-corrected chi connectivity index (χ4v) is 2.78. The third-order valence-electron chi connectivity index (χ3n) is 4.21. The summed E-state index contributed by atoms with van der Waals surface area (Å²) in [6.45, 7) is 0.0800. The van der Waals surface area contributed by atoms with E-state index in [2.05, 4.69) is 4.99 Å². The van der Waals surface area contributed by atoms with Gasteiger partial charge < -0.3 is 9.47 Å². The van der Waals surface area contributed by atoms with Crippen LogP contribution in [-0.2, 0) is 16.1 Å². The number of carbonyl (C=O) groups is 1. The number of cyclic esters (lactones) is 1. The first-order chi connectivity index (χ1) is 14.1. The van der Waals surface area contributed by atoms with E-state index >= 15 is 0 Å². The highest BCUT2D eigenvalue weighted by Crippen LogP contribution is 2.22. The number of rotatable bonds is 5. The van der Waals surface area contributed by atoms with Crippen molar-refractivity contribution in [1.29, 1.82) is 0 Å². The van der Waals surface area contributed by atoms with Crippen LogP contribution in [0, 0.1) is 11.6 Å². The molecule has 1 aliphatic rings. The molecule has 0 atom stereocenters. The molecule has 3 aromatic carbocycles. The Morgan fingerprint density at radius 3 is 2.62 bits per heavy atom. The van der Waals surface area contributed by atoms with Gasteiger partial charge in [-0.05, 0) is 48.0 Å². The van der Waals surface area contributed by atoms with Crippen molar-refractivity contribution in [1.82, 2.24) is 0 Å². The van der Waals surface area contributed by atoms with Crippen LogP contribution >= 0.6 is 0 Å². The van der Waals surface area contributed by atoms with Crippen molar-refractivity contribution < 1.29 is 23.0 Å². The molecule has 1 aliphatic heterocycles. The minimum absolute atomic E-state index is 0.0488. The van der Waals surface area contributed by atoms with E-state index in [1.54, 1.807) is 54.6 Å². The number of nitrogens with zero attached hydrogens (tertiary/aromatic N) is 1. The van der Waals surface area contributed by atoms with Crippen LogP contribution in [-0.4, -0.2) is 11.9 Å². The van der Waals surface area contributed by atoms with Gasteiger partial charge in [-0.3, -0.25) is 0 Å². The van der Waals surface area contributed by atoms with E-state index < -0.39 is 11.8 Å². The second-order valence-electron chi connectivity index (χ2n) is 6.30. The summed E-state index contributed by atoms with van der Waals surface area (Å²) >= 11 is 0. The summed E-state index contributed by atoms with van der Waals surface area (Å²) < 4.78 is 37.9. The number of hydrogen-bond donors (Lipinski definition) is 0. The maximum Gasteiger partial charge on any atom is 0.363 e. The second-order valence-corrected chi connectivity index (χ2v) is 6.30. The monoisotopic (exact) mass is 391 g/mol. The molecule has 0 spiro atoms. The smallest absolute Gasteiger partial charge is 0.363 e. The highest BCUT2D eigenvalue weighted by Gasteiger charge is 2.24. The van der Waals surface area contributed by atoms with Gasteiger partial charge in [-0.15, -0.1) is 0 Å². The Morgan fingerprint density at radius 2 is 1.79 bits per heavy atom. The number of hydrogen-bond acceptors (Lipinski definition) is 4. The second kappa shape index (κ2) is 8.06. The van der Waals surface area contributed by atoms with Crippen molar-refractivity contribution in [3.63, 3.8) is 0 Å². The lowest BCUT2D eigenvalue weighted by Crippen LogP contribution is -2.05. The van der Waals surface area contributed by atoms with Crippen LogP contribution in [0.4, 0.5) is 8.78 Å². The van der Waals surface area contributed by atoms with Gasteiger partial charge in [-0.1, -0.05) is 36.4 Å². The molecule has 29 heavy (non-hydrogen) atoms. The largest absolute Gasteiger partial charge is 0.489 e. The van der Waals surface area contributed by atoms with Crippen LogP contribution < -0.4 is 4.74 Å². The van der Waals surface area contributed by atoms with Gasteiger partial charge in [0.25, 0.3) is 0 Å². The maximum atomic E-state index is 13.7. The van der Waals surface area contributed by atoms with E-state index in [1.807, 2.05) is 0 Å². The summed E-state index contributed by atoms with van der Waals surface area (Å²) in [4.78, 5) is 16.3. The highest BCUT2D eigenvalue weighted by molar-refractivity contribution is 6.12. The number of aliphatic imine (C=N–C) groups is 1. The number of ether oxygens (including phenoxy) is 2. The molecule has 0 unspecified atom stereocenters. The molecule has 0 radical (unpaired) electrons. The fourth-order valence-electron chi connectivity index (χ4n) is 2.78. The van der Waals surface area contributed by atoms with E-state index in [4.69, 9.17) is 9.47 Å². The molecule has 0 N–H and O–H groups in total. The molecule has 1 heterocycles. The van der Waals surface area contributed by atoms with E-state index in [9.17, 15) is 13.6 Å². The molecule has 0 aliphatic carbocycles. The Hall–Kier alpha value is -3.80. The molecule has 0 amide bonds. The topological polar surface area (TPSA) is 47.9 Å². The van der Waals surface area contributed by atoms with Crippen LogP contribution in [0.15, 0.2) is 83.5 Å². The first kappa shape index (κ1) is 18.6. The predicted molar refractivity (Wildman–Crippen MR) is 104 cm³/mol. The van der Waals surface area contributed by atoms with Crippen LogP contribution in [0.25, 0.3) is 6.08 Å². The summed E-state index contributed by atoms with van der Waals surface area (Å²) in [7, 11) is 0. The lowest BCUT2D eigenvalue weighted by molar-refractivity contribution is -0.129. The molecule has 0 aromatic heterocycles. The van der Waals surface area contributed by atoms with E-state index in [0.717, 1.165) is 0 Å². The van der Waals surface area contributed by atoms with Crippen molar-refractivity contribution >= 4 is 17.9 Å². The number of benzene rings is 3. The van der Waals surface area contributed by atoms with Gasteiger partial charge in [0.05, 0.1) is 0 Å². The minimum atomic E-state index is -0.623. The molecular weight excluding hydrogens is 376 g/mol. The lowest BCUT2D eigenvalue weighted by Gasteiger charge is -2.07. The molecule has 0 fully saturated rings. The molecular formula is C23H15F2NO3. The summed E-state index contributed by atoms with van der Waals surface area (Å²) in [6.07, 6.45) is 1.55. The first-order valence-electron chi connectivity index (χ1n) is 8.83. The molecule has 0 saturated carbocycles. The Bertz CT molecular complexity index is 1140. The average Bonchev–Trinajstić information content (AvgIpc) is 3.08. The summed E-state index contributed by atoms with van der Waals surface area (Å²) in [5, 5.41) is 0. The van der Waals surface area contributed by atoms with Gasteiger partial charge >= 0.3 is 5.97 Å². The molecule has 3 aromatic rings. The zero-order chi connectivity index (χ0) is 20.2.